The third-order valence-corrected chi connectivity index (χ3v) is 4.46. The maximum Gasteiger partial charge on any atom is 0.150 e. The fourth-order valence-electron chi connectivity index (χ4n) is 3.23. The van der Waals surface area contributed by atoms with Crippen LogP contribution in [-0.4, -0.2) is 25.5 Å². The number of fused-ring (bicyclic) bond motifs is 1. The number of piperidine rings is 1. The van der Waals surface area contributed by atoms with E-state index in [1.165, 1.54) is 19.3 Å². The highest BCUT2D eigenvalue weighted by Gasteiger charge is 2.34. The number of ketones is 1. The van der Waals surface area contributed by atoms with E-state index in [4.69, 9.17) is 4.74 Å². The Morgan fingerprint density at radius 1 is 1.28 bits per heavy atom. The Labute approximate surface area is 108 Å². The van der Waals surface area contributed by atoms with Gasteiger partial charge in [-0.2, -0.15) is 0 Å². The fourth-order valence-corrected chi connectivity index (χ4v) is 3.23. The van der Waals surface area contributed by atoms with Gasteiger partial charge in [0, 0.05) is 11.5 Å². The molecule has 1 aliphatic carbocycles. The predicted octanol–water partition coefficient (Wildman–Crippen LogP) is 2.05. The highest BCUT2D eigenvalue weighted by atomic mass is 16.5. The fraction of sp³-hybridized carbons (Fsp3) is 0.667. The van der Waals surface area contributed by atoms with E-state index in [0.717, 1.165) is 31.0 Å². The van der Waals surface area contributed by atoms with Gasteiger partial charge >= 0.3 is 0 Å². The van der Waals surface area contributed by atoms with Crippen molar-refractivity contribution >= 4 is 5.78 Å². The van der Waals surface area contributed by atoms with E-state index in [1.807, 2.05) is 0 Å². The number of nitrogens with one attached hydrogen (secondary N) is 1. The lowest BCUT2D eigenvalue weighted by Crippen LogP contribution is -2.30. The molecule has 1 N–H and O–H groups in total. The molecule has 0 spiro atoms. The van der Waals surface area contributed by atoms with Gasteiger partial charge in [0.15, 0.2) is 5.78 Å². The molecule has 0 bridgehead atoms. The monoisotopic (exact) mass is 247 g/mol. The minimum Gasteiger partial charge on any atom is -0.500 e. The number of allylic oxidation sites excluding steroid dienone is 2. The quantitative estimate of drug-likeness (QED) is 0.829. The zero-order chi connectivity index (χ0) is 12.4. The van der Waals surface area contributed by atoms with Crippen LogP contribution in [0.15, 0.2) is 24.0 Å². The van der Waals surface area contributed by atoms with Crippen LogP contribution in [0, 0.1) is 17.8 Å². The highest BCUT2D eigenvalue weighted by Crippen LogP contribution is 2.32. The molecule has 0 aromatic carbocycles. The molecule has 98 valence electrons. The molecule has 3 rings (SSSR count). The van der Waals surface area contributed by atoms with Gasteiger partial charge in [-0.1, -0.05) is 12.2 Å². The van der Waals surface area contributed by atoms with E-state index in [-0.39, 0.29) is 11.8 Å². The van der Waals surface area contributed by atoms with Crippen molar-refractivity contribution in [3.8, 4) is 0 Å². The Hall–Kier alpha value is -1.09. The molecule has 0 aromatic heterocycles. The van der Waals surface area contributed by atoms with Gasteiger partial charge in [-0.15, -0.1) is 0 Å². The second-order valence-electron chi connectivity index (χ2n) is 5.64. The van der Waals surface area contributed by atoms with Crippen LogP contribution < -0.4 is 5.32 Å². The topological polar surface area (TPSA) is 38.3 Å². The van der Waals surface area contributed by atoms with Crippen LogP contribution in [0.3, 0.4) is 0 Å². The third kappa shape index (κ3) is 2.37. The lowest BCUT2D eigenvalue weighted by atomic mass is 9.79. The minimum atomic E-state index is 0.0213. The summed E-state index contributed by atoms with van der Waals surface area (Å²) in [4.78, 5) is 12.3. The van der Waals surface area contributed by atoms with Gasteiger partial charge in [-0.05, 0) is 44.7 Å². The first-order valence-corrected chi connectivity index (χ1v) is 7.09. The number of hydrogen-bond acceptors (Lipinski definition) is 3. The zero-order valence-electron chi connectivity index (χ0n) is 10.7. The molecule has 0 saturated carbocycles. The lowest BCUT2D eigenvalue weighted by Gasteiger charge is -2.26. The smallest absolute Gasteiger partial charge is 0.150 e. The van der Waals surface area contributed by atoms with Crippen LogP contribution in [0.4, 0.5) is 0 Å². The highest BCUT2D eigenvalue weighted by molar-refractivity contribution is 5.90. The van der Waals surface area contributed by atoms with Gasteiger partial charge < -0.3 is 10.1 Å². The number of carbonyl (C=O) groups is 1. The second kappa shape index (κ2) is 5.27. The lowest BCUT2D eigenvalue weighted by molar-refractivity contribution is -0.125. The SMILES string of the molecule is O=C1C(CCC2CCNCC2)C=CC2=COCC12. The Morgan fingerprint density at radius 3 is 2.94 bits per heavy atom. The van der Waals surface area contributed by atoms with E-state index < -0.39 is 0 Å². The van der Waals surface area contributed by atoms with Crippen LogP contribution in [0.5, 0.6) is 0 Å². The van der Waals surface area contributed by atoms with Crippen molar-refractivity contribution in [1.82, 2.24) is 5.32 Å². The normalized spacial score (nSPS) is 32.0. The summed E-state index contributed by atoms with van der Waals surface area (Å²) in [5.74, 6) is 1.33. The van der Waals surface area contributed by atoms with Gasteiger partial charge in [0.05, 0.1) is 12.2 Å². The Bertz CT molecular complexity index is 380. The Morgan fingerprint density at radius 2 is 2.11 bits per heavy atom. The summed E-state index contributed by atoms with van der Waals surface area (Å²) >= 11 is 0. The van der Waals surface area contributed by atoms with Crippen molar-refractivity contribution in [1.29, 1.82) is 0 Å². The minimum absolute atomic E-state index is 0.0213. The molecule has 0 amide bonds. The molecule has 3 aliphatic rings. The van der Waals surface area contributed by atoms with E-state index in [9.17, 15) is 4.79 Å². The maximum absolute atomic E-state index is 12.3. The number of Topliss-reactive ketones (excluding diaryl/α,β-unsaturated/α-hetero) is 1. The van der Waals surface area contributed by atoms with Crippen LogP contribution in [0.2, 0.25) is 0 Å². The molecular formula is C15H21NO2. The van der Waals surface area contributed by atoms with E-state index in [0.29, 0.717) is 12.4 Å². The first-order valence-electron chi connectivity index (χ1n) is 7.09. The van der Waals surface area contributed by atoms with Gasteiger partial charge in [-0.25, -0.2) is 0 Å². The maximum atomic E-state index is 12.3. The molecule has 2 heterocycles. The first kappa shape index (κ1) is 12.0. The second-order valence-corrected chi connectivity index (χ2v) is 5.64. The molecule has 2 aliphatic heterocycles. The van der Waals surface area contributed by atoms with Gasteiger partial charge in [0.1, 0.15) is 6.61 Å². The van der Waals surface area contributed by atoms with Crippen molar-refractivity contribution < 1.29 is 9.53 Å². The number of carbonyl (C=O) groups excluding carboxylic acids is 1. The average molecular weight is 247 g/mol. The average Bonchev–Trinajstić information content (AvgIpc) is 2.88. The molecule has 2 unspecified atom stereocenters. The third-order valence-electron chi connectivity index (χ3n) is 4.46. The number of ether oxygens (including phenoxy) is 1. The number of hydrogen-bond donors (Lipinski definition) is 1. The zero-order valence-corrected chi connectivity index (χ0v) is 10.7. The van der Waals surface area contributed by atoms with Crippen LogP contribution in [-0.2, 0) is 9.53 Å². The van der Waals surface area contributed by atoms with Crippen LogP contribution >= 0.6 is 0 Å². The van der Waals surface area contributed by atoms with E-state index in [1.54, 1.807) is 6.26 Å². The van der Waals surface area contributed by atoms with Crippen molar-refractivity contribution in [3.63, 3.8) is 0 Å². The molecule has 2 atom stereocenters. The summed E-state index contributed by atoms with van der Waals surface area (Å²) in [6.45, 7) is 2.84. The van der Waals surface area contributed by atoms with Gasteiger partial charge in [-0.3, -0.25) is 4.79 Å². The van der Waals surface area contributed by atoms with Gasteiger partial charge in [0.25, 0.3) is 0 Å². The summed E-state index contributed by atoms with van der Waals surface area (Å²) in [6, 6.07) is 0. The summed E-state index contributed by atoms with van der Waals surface area (Å²) in [7, 11) is 0. The molecular weight excluding hydrogens is 226 g/mol. The van der Waals surface area contributed by atoms with Crippen molar-refractivity contribution in [2.24, 2.45) is 17.8 Å². The van der Waals surface area contributed by atoms with Gasteiger partial charge in [0.2, 0.25) is 0 Å². The Balaban J connectivity index is 1.55. The molecule has 18 heavy (non-hydrogen) atoms. The molecule has 1 saturated heterocycles. The molecule has 3 heteroatoms. The summed E-state index contributed by atoms with van der Waals surface area (Å²) < 4.78 is 5.26. The van der Waals surface area contributed by atoms with E-state index >= 15 is 0 Å². The number of rotatable bonds is 3. The van der Waals surface area contributed by atoms with E-state index in [2.05, 4.69) is 17.5 Å². The largest absolute Gasteiger partial charge is 0.500 e. The van der Waals surface area contributed by atoms with Crippen molar-refractivity contribution in [2.45, 2.75) is 25.7 Å². The summed E-state index contributed by atoms with van der Waals surface area (Å²) in [6.07, 6.45) is 10.7. The van der Waals surface area contributed by atoms with Crippen LogP contribution in [0.25, 0.3) is 0 Å². The molecule has 0 aromatic rings. The summed E-state index contributed by atoms with van der Waals surface area (Å²) in [5.41, 5.74) is 1.07. The molecule has 1 fully saturated rings. The summed E-state index contributed by atoms with van der Waals surface area (Å²) in [5, 5.41) is 3.39. The van der Waals surface area contributed by atoms with Crippen molar-refractivity contribution in [3.05, 3.63) is 24.0 Å². The predicted molar refractivity (Wildman–Crippen MR) is 70.0 cm³/mol. The molecule has 3 nitrogen and oxygen atoms in total. The first-order chi connectivity index (χ1) is 8.84. The Kier molecular flexibility index (Phi) is 3.50. The van der Waals surface area contributed by atoms with Crippen LogP contribution in [0.1, 0.15) is 25.7 Å². The van der Waals surface area contributed by atoms with Crippen molar-refractivity contribution in [2.75, 3.05) is 19.7 Å². The standard InChI is InChI=1S/C15H21NO2/c17-15-12(2-1-11-5-7-16-8-6-11)3-4-13-9-18-10-14(13)15/h3-4,9,11-12,14,16H,1-2,5-8,10H2. The molecule has 0 radical (unpaired) electrons.